The topological polar surface area (TPSA) is 29.5 Å². The average molecular weight is 260 g/mol. The number of hydrogen-bond acceptors (Lipinski definition) is 2. The molecule has 2 rings (SSSR count). The molecule has 1 aromatic carbocycles. The van der Waals surface area contributed by atoms with E-state index in [2.05, 4.69) is 22.6 Å². The van der Waals surface area contributed by atoms with Gasteiger partial charge in [0.05, 0.1) is 0 Å². The lowest BCUT2D eigenvalue weighted by molar-refractivity contribution is 0.431. The SMILES string of the molecule is OB1Cc2ccc(I)cc2O1. The van der Waals surface area contributed by atoms with Crippen LogP contribution in [0.25, 0.3) is 0 Å². The minimum Gasteiger partial charge on any atom is -0.536 e. The summed E-state index contributed by atoms with van der Waals surface area (Å²) in [6.45, 7) is 0. The molecule has 11 heavy (non-hydrogen) atoms. The van der Waals surface area contributed by atoms with E-state index in [1.807, 2.05) is 18.2 Å². The summed E-state index contributed by atoms with van der Waals surface area (Å²) in [4.78, 5) is 0. The van der Waals surface area contributed by atoms with Gasteiger partial charge in [-0.2, -0.15) is 0 Å². The van der Waals surface area contributed by atoms with Crippen LogP contribution in [0.15, 0.2) is 18.2 Å². The molecule has 1 aliphatic rings. The Hall–Kier alpha value is -0.225. The molecule has 1 heterocycles. The molecule has 56 valence electrons. The van der Waals surface area contributed by atoms with Gasteiger partial charge in [0, 0.05) is 9.89 Å². The van der Waals surface area contributed by atoms with Crippen molar-refractivity contribution in [3.8, 4) is 5.75 Å². The lowest BCUT2D eigenvalue weighted by Crippen LogP contribution is -2.17. The Balaban J connectivity index is 2.43. The molecule has 2 nitrogen and oxygen atoms in total. The predicted octanol–water partition coefficient (Wildman–Crippen LogP) is 1.25. The summed E-state index contributed by atoms with van der Waals surface area (Å²) in [5, 5.41) is 9.12. The van der Waals surface area contributed by atoms with E-state index in [-0.39, 0.29) is 0 Å². The van der Waals surface area contributed by atoms with Gasteiger partial charge in [-0.25, -0.2) is 0 Å². The Labute approximate surface area is 78.9 Å². The normalized spacial score (nSPS) is 14.5. The third kappa shape index (κ3) is 1.37. The smallest absolute Gasteiger partial charge is 0.527 e. The summed E-state index contributed by atoms with van der Waals surface area (Å²) >= 11 is 2.22. The zero-order valence-electron chi connectivity index (χ0n) is 5.75. The zero-order valence-corrected chi connectivity index (χ0v) is 7.91. The van der Waals surface area contributed by atoms with Gasteiger partial charge in [-0.1, -0.05) is 6.07 Å². The summed E-state index contributed by atoms with van der Waals surface area (Å²) in [6, 6.07) is 5.94. The Morgan fingerprint density at radius 3 is 3.18 bits per heavy atom. The van der Waals surface area contributed by atoms with Crippen molar-refractivity contribution >= 4 is 29.7 Å². The van der Waals surface area contributed by atoms with E-state index in [9.17, 15) is 0 Å². The highest BCUT2D eigenvalue weighted by atomic mass is 127. The van der Waals surface area contributed by atoms with Crippen molar-refractivity contribution in [1.29, 1.82) is 0 Å². The fourth-order valence-electron chi connectivity index (χ4n) is 1.18. The molecule has 0 fully saturated rings. The van der Waals surface area contributed by atoms with E-state index < -0.39 is 7.12 Å². The van der Waals surface area contributed by atoms with Crippen LogP contribution in [-0.4, -0.2) is 12.1 Å². The quantitative estimate of drug-likeness (QED) is 0.561. The first-order valence-electron chi connectivity index (χ1n) is 3.39. The number of fused-ring (bicyclic) bond motifs is 1. The molecule has 1 aliphatic heterocycles. The fourth-order valence-corrected chi connectivity index (χ4v) is 1.65. The second kappa shape index (κ2) is 2.67. The minimum atomic E-state index is -0.636. The van der Waals surface area contributed by atoms with Crippen LogP contribution in [-0.2, 0) is 6.32 Å². The summed E-state index contributed by atoms with van der Waals surface area (Å²) < 4.78 is 6.27. The van der Waals surface area contributed by atoms with Crippen LogP contribution in [0, 0.1) is 3.57 Å². The predicted molar refractivity (Wildman–Crippen MR) is 51.5 cm³/mol. The summed E-state index contributed by atoms with van der Waals surface area (Å²) in [5.41, 5.74) is 1.10. The average Bonchev–Trinajstić information content (AvgIpc) is 2.27. The molecular weight excluding hydrogens is 254 g/mol. The molecule has 4 heteroatoms. The lowest BCUT2D eigenvalue weighted by atomic mass is 9.85. The van der Waals surface area contributed by atoms with Crippen molar-refractivity contribution in [2.24, 2.45) is 0 Å². The molecule has 0 atom stereocenters. The van der Waals surface area contributed by atoms with Crippen molar-refractivity contribution in [3.63, 3.8) is 0 Å². The van der Waals surface area contributed by atoms with Crippen LogP contribution in [0.4, 0.5) is 0 Å². The Kier molecular flexibility index (Phi) is 1.81. The highest BCUT2D eigenvalue weighted by Crippen LogP contribution is 2.27. The highest BCUT2D eigenvalue weighted by Gasteiger charge is 2.26. The van der Waals surface area contributed by atoms with Crippen molar-refractivity contribution in [2.45, 2.75) is 6.32 Å². The van der Waals surface area contributed by atoms with Crippen molar-refractivity contribution in [2.75, 3.05) is 0 Å². The minimum absolute atomic E-state index is 0.617. The van der Waals surface area contributed by atoms with Crippen LogP contribution >= 0.6 is 22.6 Å². The number of halogens is 1. The lowest BCUT2D eigenvalue weighted by Gasteiger charge is -1.99. The Bertz CT molecular complexity index is 290. The van der Waals surface area contributed by atoms with Crippen LogP contribution in [0.5, 0.6) is 5.75 Å². The molecule has 0 spiro atoms. The van der Waals surface area contributed by atoms with Crippen LogP contribution in [0.1, 0.15) is 5.56 Å². The van der Waals surface area contributed by atoms with Gasteiger partial charge in [0.1, 0.15) is 5.75 Å². The van der Waals surface area contributed by atoms with E-state index in [1.165, 1.54) is 0 Å². The molecule has 0 aromatic heterocycles. The first-order valence-corrected chi connectivity index (χ1v) is 4.47. The van der Waals surface area contributed by atoms with Gasteiger partial charge in [0.2, 0.25) is 0 Å². The summed E-state index contributed by atoms with van der Waals surface area (Å²) in [7, 11) is -0.636. The molecule has 0 amide bonds. The maximum absolute atomic E-state index is 9.12. The van der Waals surface area contributed by atoms with E-state index >= 15 is 0 Å². The second-order valence-corrected chi connectivity index (χ2v) is 3.77. The van der Waals surface area contributed by atoms with Gasteiger partial charge in [-0.3, -0.25) is 0 Å². The van der Waals surface area contributed by atoms with Crippen LogP contribution < -0.4 is 4.65 Å². The van der Waals surface area contributed by atoms with Gasteiger partial charge < -0.3 is 9.68 Å². The van der Waals surface area contributed by atoms with Crippen LogP contribution in [0.2, 0.25) is 0 Å². The van der Waals surface area contributed by atoms with Crippen LogP contribution in [0.3, 0.4) is 0 Å². The van der Waals surface area contributed by atoms with Crippen molar-refractivity contribution < 1.29 is 9.68 Å². The maximum Gasteiger partial charge on any atom is 0.527 e. The molecule has 0 aliphatic carbocycles. The van der Waals surface area contributed by atoms with Gasteiger partial charge in [0.15, 0.2) is 0 Å². The molecular formula is C7H6BIO2. The molecule has 0 saturated carbocycles. The maximum atomic E-state index is 9.12. The molecule has 0 saturated heterocycles. The van der Waals surface area contributed by atoms with Gasteiger partial charge in [-0.15, -0.1) is 0 Å². The first kappa shape index (κ1) is 7.43. The number of hydrogen-bond donors (Lipinski definition) is 1. The highest BCUT2D eigenvalue weighted by molar-refractivity contribution is 14.1. The number of rotatable bonds is 0. The van der Waals surface area contributed by atoms with Crippen molar-refractivity contribution in [3.05, 3.63) is 27.3 Å². The van der Waals surface area contributed by atoms with E-state index in [4.69, 9.17) is 9.68 Å². The first-order chi connectivity index (χ1) is 5.25. The third-order valence-electron chi connectivity index (χ3n) is 1.69. The standard InChI is InChI=1S/C7H6BIO2/c9-6-2-1-5-4-8(10)11-7(5)3-6/h1-3,10H,4H2. The summed E-state index contributed by atoms with van der Waals surface area (Å²) in [5.74, 6) is 0.824. The molecule has 0 unspecified atom stereocenters. The fraction of sp³-hybridized carbons (Fsp3) is 0.143. The van der Waals surface area contributed by atoms with Gasteiger partial charge >= 0.3 is 7.12 Å². The molecule has 1 aromatic rings. The van der Waals surface area contributed by atoms with Crippen molar-refractivity contribution in [1.82, 2.24) is 0 Å². The second-order valence-electron chi connectivity index (χ2n) is 2.53. The Morgan fingerprint density at radius 1 is 1.55 bits per heavy atom. The zero-order chi connectivity index (χ0) is 7.84. The van der Waals surface area contributed by atoms with E-state index in [0.29, 0.717) is 6.32 Å². The molecule has 0 radical (unpaired) electrons. The van der Waals surface area contributed by atoms with Gasteiger partial charge in [0.25, 0.3) is 0 Å². The number of benzene rings is 1. The monoisotopic (exact) mass is 260 g/mol. The Morgan fingerprint density at radius 2 is 2.36 bits per heavy atom. The van der Waals surface area contributed by atoms with E-state index in [1.54, 1.807) is 0 Å². The third-order valence-corrected chi connectivity index (χ3v) is 2.36. The molecule has 0 bridgehead atoms. The van der Waals surface area contributed by atoms with E-state index in [0.717, 1.165) is 14.9 Å². The summed E-state index contributed by atoms with van der Waals surface area (Å²) in [6.07, 6.45) is 0.617. The van der Waals surface area contributed by atoms with Gasteiger partial charge in [-0.05, 0) is 40.3 Å². The largest absolute Gasteiger partial charge is 0.536 e. The molecule has 1 N–H and O–H groups in total.